The largest absolute Gasteiger partial charge is 0.361 e. The van der Waals surface area contributed by atoms with Gasteiger partial charge in [-0.3, -0.25) is 4.79 Å². The molecule has 0 bridgehead atoms. The van der Waals surface area contributed by atoms with Crippen LogP contribution in [0.15, 0.2) is 4.90 Å². The van der Waals surface area contributed by atoms with Crippen molar-refractivity contribution in [2.45, 2.75) is 44.6 Å². The fourth-order valence-electron chi connectivity index (χ4n) is 2.63. The first-order valence-electron chi connectivity index (χ1n) is 7.53. The van der Waals surface area contributed by atoms with E-state index in [1.54, 1.807) is 11.8 Å². The number of aryl methyl sites for hydroxylation is 1. The molecule has 1 saturated heterocycles. The normalized spacial score (nSPS) is 22.9. The predicted molar refractivity (Wildman–Crippen MR) is 89.5 cm³/mol. The maximum Gasteiger partial charge on any atom is 0.253 e. The van der Waals surface area contributed by atoms with Crippen LogP contribution in [0.5, 0.6) is 0 Å². The van der Waals surface area contributed by atoms with Gasteiger partial charge in [-0.05, 0) is 18.0 Å². The van der Waals surface area contributed by atoms with Crippen LogP contribution in [0.1, 0.15) is 32.9 Å². The van der Waals surface area contributed by atoms with Gasteiger partial charge in [0.1, 0.15) is 5.69 Å². The van der Waals surface area contributed by atoms with E-state index < -0.39 is 11.2 Å². The number of rotatable bonds is 2. The Labute approximate surface area is 138 Å². The molecule has 8 heteroatoms. The second-order valence-electron chi connectivity index (χ2n) is 5.03. The number of anilines is 1. The molecule has 1 aromatic heterocycles. The lowest BCUT2D eigenvalue weighted by atomic mass is 10.2. The molecule has 0 aliphatic carbocycles. The molecule has 122 valence electrons. The summed E-state index contributed by atoms with van der Waals surface area (Å²) in [7, 11) is 0. The van der Waals surface area contributed by atoms with E-state index in [0.29, 0.717) is 18.1 Å². The number of hydrogen-bond donors (Lipinski definition) is 2. The van der Waals surface area contributed by atoms with E-state index in [0.717, 1.165) is 30.0 Å². The molecule has 2 aliphatic rings. The van der Waals surface area contributed by atoms with Gasteiger partial charge >= 0.3 is 0 Å². The third kappa shape index (κ3) is 3.64. The topological polar surface area (TPSA) is 78.4 Å². The number of amides is 1. The van der Waals surface area contributed by atoms with Crippen LogP contribution in [-0.4, -0.2) is 50.2 Å². The summed E-state index contributed by atoms with van der Waals surface area (Å²) < 4.78 is 10.1. The minimum Gasteiger partial charge on any atom is -0.361 e. The molecule has 22 heavy (non-hydrogen) atoms. The average Bonchev–Trinajstić information content (AvgIpc) is 3.08. The van der Waals surface area contributed by atoms with E-state index in [2.05, 4.69) is 15.3 Å². The smallest absolute Gasteiger partial charge is 0.253 e. The Morgan fingerprint density at radius 2 is 2.18 bits per heavy atom. The summed E-state index contributed by atoms with van der Waals surface area (Å²) in [5.74, 6) is 1.39. The summed E-state index contributed by atoms with van der Waals surface area (Å²) in [6.45, 7) is 6.98. The quantitative estimate of drug-likeness (QED) is 0.634. The Morgan fingerprint density at radius 1 is 1.45 bits per heavy atom. The lowest BCUT2D eigenvalue weighted by molar-refractivity contribution is -0.127. The molecular weight excluding hydrogens is 324 g/mol. The van der Waals surface area contributed by atoms with Crippen molar-refractivity contribution in [2.75, 3.05) is 24.2 Å². The van der Waals surface area contributed by atoms with E-state index in [-0.39, 0.29) is 17.2 Å². The number of carbonyl (C=O) groups excluding carboxylic acids is 1. The van der Waals surface area contributed by atoms with E-state index >= 15 is 0 Å². The minimum atomic E-state index is -0.812. The van der Waals surface area contributed by atoms with E-state index in [4.69, 9.17) is 11.6 Å². The van der Waals surface area contributed by atoms with Crippen molar-refractivity contribution < 1.29 is 9.35 Å². The number of hydrogen-bond acceptors (Lipinski definition) is 5. The highest BCUT2D eigenvalue weighted by molar-refractivity contribution is 7.92. The molecule has 2 atom stereocenters. The van der Waals surface area contributed by atoms with E-state index in [1.807, 2.05) is 13.8 Å². The van der Waals surface area contributed by atoms with Gasteiger partial charge in [0.25, 0.3) is 4.90 Å². The van der Waals surface area contributed by atoms with Crippen molar-refractivity contribution in [3.05, 3.63) is 11.0 Å². The fourth-order valence-corrected chi connectivity index (χ4v) is 4.16. The summed E-state index contributed by atoms with van der Waals surface area (Å²) in [6.07, 6.45) is 1.60. The number of nitrogens with one attached hydrogen (secondary N) is 1. The summed E-state index contributed by atoms with van der Waals surface area (Å²) in [5.41, 5.74) is 0.833. The molecule has 1 aromatic rings. The van der Waals surface area contributed by atoms with Gasteiger partial charge in [0.2, 0.25) is 11.2 Å². The highest BCUT2D eigenvalue weighted by Crippen LogP contribution is 2.32. The molecule has 1 amide bonds. The van der Waals surface area contributed by atoms with Crippen LogP contribution in [0, 0.1) is 0 Å². The summed E-state index contributed by atoms with van der Waals surface area (Å²) in [4.78, 5) is 22.3. The molecule has 6 nitrogen and oxygen atoms in total. The van der Waals surface area contributed by atoms with Crippen LogP contribution in [0.4, 0.5) is 5.82 Å². The highest BCUT2D eigenvalue weighted by Gasteiger charge is 2.38. The van der Waals surface area contributed by atoms with Gasteiger partial charge in [-0.2, -0.15) is 9.54 Å². The number of aromatic nitrogens is 2. The fraction of sp³-hybridized carbons (Fsp3) is 0.643. The van der Waals surface area contributed by atoms with Crippen molar-refractivity contribution in [3.63, 3.8) is 0 Å². The summed E-state index contributed by atoms with van der Waals surface area (Å²) in [6, 6.07) is 0.145. The number of nitrogens with zero attached hydrogens (tertiary/aromatic N) is 3. The van der Waals surface area contributed by atoms with Gasteiger partial charge in [0.15, 0.2) is 22.7 Å². The molecule has 3 heterocycles. The van der Waals surface area contributed by atoms with Crippen LogP contribution in [0.3, 0.4) is 0 Å². The van der Waals surface area contributed by atoms with Crippen LogP contribution < -0.4 is 5.32 Å². The lowest BCUT2D eigenvalue weighted by Gasteiger charge is -2.15. The molecule has 2 N–H and O–H groups in total. The van der Waals surface area contributed by atoms with Crippen molar-refractivity contribution in [1.29, 1.82) is 0 Å². The van der Waals surface area contributed by atoms with Gasteiger partial charge in [-0.15, -0.1) is 0 Å². The molecule has 0 radical (unpaired) electrons. The molecule has 2 aliphatic heterocycles. The predicted octanol–water partition coefficient (Wildman–Crippen LogP) is 2.20. The molecule has 1 fully saturated rings. The number of halogens is 1. The maximum absolute atomic E-state index is 11.4. The second kappa shape index (κ2) is 7.48. The minimum absolute atomic E-state index is 0.0853. The van der Waals surface area contributed by atoms with Crippen molar-refractivity contribution in [2.24, 2.45) is 0 Å². The average molecular weight is 346 g/mol. The van der Waals surface area contributed by atoms with Crippen LogP contribution in [0.25, 0.3) is 0 Å². The van der Waals surface area contributed by atoms with Gasteiger partial charge in [-0.25, -0.2) is 4.98 Å². The van der Waals surface area contributed by atoms with E-state index in [1.165, 1.54) is 0 Å². The van der Waals surface area contributed by atoms with E-state index in [9.17, 15) is 9.35 Å². The lowest BCUT2D eigenvalue weighted by Crippen LogP contribution is -2.30. The first-order valence-corrected chi connectivity index (χ1v) is 9.26. The zero-order valence-corrected chi connectivity index (χ0v) is 14.7. The zero-order valence-electron chi connectivity index (χ0n) is 13.1. The molecule has 0 saturated carbocycles. The standard InChI is InChI=1S/C12H16ClN4O2S.C2H6/c1-7(18)17-4-2-8(6-17)14-11-10-9(3-5-20(10)19)15-12(13)16-11;1-2/h8,19H,2-6H2,1H3,(H,14,15,16);1-2H3/q+1;/t8-,20?;/m0./s1. The number of carbonyl (C=O) groups is 1. The third-order valence-electron chi connectivity index (χ3n) is 3.65. The molecule has 1 unspecified atom stereocenters. The SMILES string of the molecule is CC.CC(=O)N1CC[C@H](Nc2nc(Cl)nc3c2[S+](O)CC3)C1. The van der Waals surface area contributed by atoms with Gasteiger partial charge in [0, 0.05) is 32.5 Å². The Morgan fingerprint density at radius 3 is 2.82 bits per heavy atom. The first-order chi connectivity index (χ1) is 10.5. The van der Waals surface area contributed by atoms with Crippen molar-refractivity contribution in [1.82, 2.24) is 14.9 Å². The van der Waals surface area contributed by atoms with Gasteiger partial charge in [-0.1, -0.05) is 13.8 Å². The highest BCUT2D eigenvalue weighted by atomic mass is 35.5. The molecule has 0 spiro atoms. The Balaban J connectivity index is 0.000000847. The maximum atomic E-state index is 11.4. The Kier molecular flexibility index (Phi) is 5.88. The van der Waals surface area contributed by atoms with Gasteiger partial charge < -0.3 is 10.2 Å². The van der Waals surface area contributed by atoms with Gasteiger partial charge in [0.05, 0.1) is 0 Å². The molecule has 3 rings (SSSR count). The number of likely N-dealkylation sites (tertiary alicyclic amines) is 1. The second-order valence-corrected chi connectivity index (χ2v) is 6.91. The van der Waals surface area contributed by atoms with Crippen molar-refractivity contribution >= 4 is 34.5 Å². The Bertz CT molecular complexity index is 558. The van der Waals surface area contributed by atoms with Crippen LogP contribution in [-0.2, 0) is 22.4 Å². The monoisotopic (exact) mass is 345 g/mol. The number of fused-ring (bicyclic) bond motifs is 1. The zero-order chi connectivity index (χ0) is 16.3. The summed E-state index contributed by atoms with van der Waals surface area (Å²) in [5, 5.41) is 3.52. The third-order valence-corrected chi connectivity index (χ3v) is 5.31. The Hall–Kier alpha value is -1.05. The molecular formula is C14H22ClN4O2S+. The molecule has 0 aromatic carbocycles. The van der Waals surface area contributed by atoms with Crippen LogP contribution in [0.2, 0.25) is 5.28 Å². The van der Waals surface area contributed by atoms with Crippen molar-refractivity contribution in [3.8, 4) is 0 Å². The first kappa shape index (κ1) is 17.3. The summed E-state index contributed by atoms with van der Waals surface area (Å²) >= 11 is 5.12. The van der Waals surface area contributed by atoms with Crippen LogP contribution >= 0.6 is 11.6 Å².